The predicted molar refractivity (Wildman–Crippen MR) is 67.8 cm³/mol. The SMILES string of the molecule is CC(C)(C)S(=O)Cc1ccc(C#N)cc1Cl. The predicted octanol–water partition coefficient (Wildman–Crippen LogP) is 3.26. The number of nitriles is 1. The van der Waals surface area contributed by atoms with Gasteiger partial charge in [-0.25, -0.2) is 0 Å². The molecule has 1 atom stereocenters. The number of benzene rings is 1. The number of rotatable bonds is 2. The normalized spacial score (nSPS) is 13.2. The summed E-state index contributed by atoms with van der Waals surface area (Å²) in [6.07, 6.45) is 0. The zero-order valence-electron chi connectivity index (χ0n) is 9.58. The Labute approximate surface area is 104 Å². The first kappa shape index (κ1) is 13.2. The molecular formula is C12H14ClNOS. The number of hydrogen-bond acceptors (Lipinski definition) is 2. The first-order valence-corrected chi connectivity index (χ1v) is 6.61. The zero-order chi connectivity index (χ0) is 12.3. The summed E-state index contributed by atoms with van der Waals surface area (Å²) >= 11 is 6.02. The molecule has 86 valence electrons. The minimum absolute atomic E-state index is 0.253. The maximum atomic E-state index is 11.9. The van der Waals surface area contributed by atoms with Crippen molar-refractivity contribution in [2.24, 2.45) is 0 Å². The van der Waals surface area contributed by atoms with Crippen LogP contribution < -0.4 is 0 Å². The van der Waals surface area contributed by atoms with Crippen LogP contribution in [0, 0.1) is 11.3 Å². The minimum Gasteiger partial charge on any atom is -0.259 e. The quantitative estimate of drug-likeness (QED) is 0.814. The molecule has 16 heavy (non-hydrogen) atoms. The molecule has 0 aromatic heterocycles. The Morgan fingerprint density at radius 2 is 2.06 bits per heavy atom. The molecule has 1 aromatic carbocycles. The largest absolute Gasteiger partial charge is 0.259 e. The Balaban J connectivity index is 2.92. The van der Waals surface area contributed by atoms with Gasteiger partial charge in [0, 0.05) is 20.6 Å². The van der Waals surface area contributed by atoms with Crippen molar-refractivity contribution in [1.29, 1.82) is 5.26 Å². The van der Waals surface area contributed by atoms with E-state index in [-0.39, 0.29) is 4.75 Å². The van der Waals surface area contributed by atoms with E-state index in [9.17, 15) is 4.21 Å². The third-order valence-electron chi connectivity index (χ3n) is 2.15. The van der Waals surface area contributed by atoms with Crippen LogP contribution in [0.15, 0.2) is 18.2 Å². The second kappa shape index (κ2) is 4.99. The third kappa shape index (κ3) is 3.33. The summed E-state index contributed by atoms with van der Waals surface area (Å²) in [7, 11) is -0.974. The first-order valence-electron chi connectivity index (χ1n) is 4.91. The van der Waals surface area contributed by atoms with E-state index in [2.05, 4.69) is 0 Å². The van der Waals surface area contributed by atoms with Crippen molar-refractivity contribution >= 4 is 22.4 Å². The number of halogens is 1. The second-order valence-electron chi connectivity index (χ2n) is 4.52. The van der Waals surface area contributed by atoms with Crippen LogP contribution in [0.1, 0.15) is 31.9 Å². The molecule has 0 amide bonds. The van der Waals surface area contributed by atoms with Gasteiger partial charge in [-0.2, -0.15) is 5.26 Å². The van der Waals surface area contributed by atoms with E-state index in [4.69, 9.17) is 16.9 Å². The minimum atomic E-state index is -0.974. The van der Waals surface area contributed by atoms with Crippen molar-refractivity contribution in [1.82, 2.24) is 0 Å². The van der Waals surface area contributed by atoms with E-state index in [1.165, 1.54) is 0 Å². The molecule has 2 nitrogen and oxygen atoms in total. The number of nitrogens with zero attached hydrogens (tertiary/aromatic N) is 1. The van der Waals surface area contributed by atoms with Crippen molar-refractivity contribution in [2.45, 2.75) is 31.3 Å². The first-order chi connectivity index (χ1) is 7.34. The molecule has 1 unspecified atom stereocenters. The summed E-state index contributed by atoms with van der Waals surface area (Å²) in [5, 5.41) is 9.21. The molecule has 4 heteroatoms. The van der Waals surface area contributed by atoms with Crippen LogP contribution in [0.4, 0.5) is 0 Å². The van der Waals surface area contributed by atoms with E-state index >= 15 is 0 Å². The molecular weight excluding hydrogens is 242 g/mol. The summed E-state index contributed by atoms with van der Waals surface area (Å²) in [6, 6.07) is 7.09. The van der Waals surface area contributed by atoms with Gasteiger partial charge in [-0.3, -0.25) is 4.21 Å². The molecule has 0 aliphatic rings. The van der Waals surface area contributed by atoms with Gasteiger partial charge in [-0.1, -0.05) is 17.7 Å². The highest BCUT2D eigenvalue weighted by atomic mass is 35.5. The summed E-state index contributed by atoms with van der Waals surface area (Å²) in [4.78, 5) is 0. The maximum Gasteiger partial charge on any atom is 0.0992 e. The maximum absolute atomic E-state index is 11.9. The van der Waals surface area contributed by atoms with E-state index in [0.29, 0.717) is 16.3 Å². The Kier molecular flexibility index (Phi) is 4.12. The molecule has 0 fully saturated rings. The molecule has 0 saturated heterocycles. The van der Waals surface area contributed by atoms with Crippen molar-refractivity contribution in [3.8, 4) is 6.07 Å². The lowest BCUT2D eigenvalue weighted by atomic mass is 10.2. The van der Waals surface area contributed by atoms with Gasteiger partial charge in [-0.15, -0.1) is 0 Å². The smallest absolute Gasteiger partial charge is 0.0992 e. The zero-order valence-corrected chi connectivity index (χ0v) is 11.2. The summed E-state index contributed by atoms with van der Waals surface area (Å²) in [6.45, 7) is 5.79. The van der Waals surface area contributed by atoms with Gasteiger partial charge in [0.05, 0.1) is 17.4 Å². The van der Waals surface area contributed by atoms with Gasteiger partial charge in [-0.05, 0) is 38.5 Å². The van der Waals surface area contributed by atoms with Crippen LogP contribution in [0.2, 0.25) is 5.02 Å². The molecule has 0 spiro atoms. The third-order valence-corrected chi connectivity index (χ3v) is 4.44. The van der Waals surface area contributed by atoms with E-state index < -0.39 is 10.8 Å². The fourth-order valence-corrected chi connectivity index (χ4v) is 2.39. The van der Waals surface area contributed by atoms with E-state index in [1.807, 2.05) is 26.8 Å². The van der Waals surface area contributed by atoms with E-state index in [0.717, 1.165) is 5.56 Å². The monoisotopic (exact) mass is 255 g/mol. The topological polar surface area (TPSA) is 40.9 Å². The molecule has 0 aliphatic carbocycles. The summed E-state index contributed by atoms with van der Waals surface area (Å²) in [5.41, 5.74) is 1.35. The molecule has 0 heterocycles. The van der Waals surface area contributed by atoms with Crippen LogP contribution in [0.25, 0.3) is 0 Å². The van der Waals surface area contributed by atoms with E-state index in [1.54, 1.807) is 18.2 Å². The van der Waals surface area contributed by atoms with Crippen molar-refractivity contribution < 1.29 is 4.21 Å². The summed E-state index contributed by atoms with van der Waals surface area (Å²) in [5.74, 6) is 0.425. The van der Waals surface area contributed by atoms with Crippen molar-refractivity contribution in [3.05, 3.63) is 34.3 Å². The van der Waals surface area contributed by atoms with Crippen LogP contribution in [0.5, 0.6) is 0 Å². The second-order valence-corrected chi connectivity index (χ2v) is 7.13. The molecule has 1 rings (SSSR count). The van der Waals surface area contributed by atoms with Crippen LogP contribution in [-0.4, -0.2) is 8.96 Å². The Hall–Kier alpha value is -0.850. The van der Waals surface area contributed by atoms with Gasteiger partial charge >= 0.3 is 0 Å². The van der Waals surface area contributed by atoms with Crippen molar-refractivity contribution in [3.63, 3.8) is 0 Å². The fourth-order valence-electron chi connectivity index (χ4n) is 1.09. The van der Waals surface area contributed by atoms with Crippen molar-refractivity contribution in [2.75, 3.05) is 0 Å². The fraction of sp³-hybridized carbons (Fsp3) is 0.417. The highest BCUT2D eigenvalue weighted by molar-refractivity contribution is 7.85. The molecule has 0 saturated carbocycles. The highest BCUT2D eigenvalue weighted by Gasteiger charge is 2.20. The standard InChI is InChI=1S/C12H14ClNOS/c1-12(2,3)16(15)8-10-5-4-9(7-14)6-11(10)13/h4-6H,8H2,1-3H3. The van der Waals surface area contributed by atoms with Gasteiger partial charge < -0.3 is 0 Å². The van der Waals surface area contributed by atoms with Crippen LogP contribution >= 0.6 is 11.6 Å². The van der Waals surface area contributed by atoms with Crippen LogP contribution in [-0.2, 0) is 16.6 Å². The lowest BCUT2D eigenvalue weighted by Crippen LogP contribution is -2.23. The van der Waals surface area contributed by atoms with Crippen LogP contribution in [0.3, 0.4) is 0 Å². The highest BCUT2D eigenvalue weighted by Crippen LogP contribution is 2.22. The van der Waals surface area contributed by atoms with Gasteiger partial charge in [0.2, 0.25) is 0 Å². The number of hydrogen-bond donors (Lipinski definition) is 0. The van der Waals surface area contributed by atoms with Gasteiger partial charge in [0.15, 0.2) is 0 Å². The average Bonchev–Trinajstić information content (AvgIpc) is 2.19. The lowest BCUT2D eigenvalue weighted by molar-refractivity contribution is 0.648. The van der Waals surface area contributed by atoms with Gasteiger partial charge in [0.25, 0.3) is 0 Å². The molecule has 0 aliphatic heterocycles. The average molecular weight is 256 g/mol. The summed E-state index contributed by atoms with van der Waals surface area (Å²) < 4.78 is 11.7. The molecule has 0 N–H and O–H groups in total. The Morgan fingerprint density at radius 3 is 2.50 bits per heavy atom. The molecule has 1 aromatic rings. The Morgan fingerprint density at radius 1 is 1.44 bits per heavy atom. The molecule has 0 radical (unpaired) electrons. The lowest BCUT2D eigenvalue weighted by Gasteiger charge is -2.18. The molecule has 0 bridgehead atoms. The van der Waals surface area contributed by atoms with Gasteiger partial charge in [0.1, 0.15) is 0 Å². The Bertz CT molecular complexity index is 457.